The second-order valence-corrected chi connectivity index (χ2v) is 5.73. The second-order valence-electron chi connectivity index (χ2n) is 4.48. The number of carbonyl (C=O) groups is 1. The normalized spacial score (nSPS) is 17.9. The van der Waals surface area contributed by atoms with Crippen LogP contribution in [0, 0.1) is 0 Å². The number of halogens is 1. The van der Waals surface area contributed by atoms with Gasteiger partial charge in [-0.2, -0.15) is 0 Å². The average molecular weight is 289 g/mol. The Morgan fingerprint density at radius 1 is 1.44 bits per heavy atom. The Morgan fingerprint density at radius 3 is 2.72 bits per heavy atom. The highest BCUT2D eigenvalue weighted by Crippen LogP contribution is 2.29. The third kappa shape index (κ3) is 3.03. The summed E-state index contributed by atoms with van der Waals surface area (Å²) in [6, 6.07) is 0. The summed E-state index contributed by atoms with van der Waals surface area (Å²) in [6.45, 7) is 5.03. The van der Waals surface area contributed by atoms with E-state index >= 15 is 0 Å². The number of esters is 1. The van der Waals surface area contributed by atoms with Gasteiger partial charge in [0.05, 0.1) is 12.1 Å². The van der Waals surface area contributed by atoms with Crippen LogP contribution in [-0.2, 0) is 11.3 Å². The van der Waals surface area contributed by atoms with Crippen molar-refractivity contribution < 1.29 is 9.53 Å². The highest BCUT2D eigenvalue weighted by atomic mass is 35.5. The van der Waals surface area contributed by atoms with Crippen molar-refractivity contribution in [3.63, 3.8) is 0 Å². The van der Waals surface area contributed by atoms with E-state index in [2.05, 4.69) is 16.8 Å². The quantitative estimate of drug-likeness (QED) is 0.796. The zero-order valence-electron chi connectivity index (χ0n) is 10.6. The maximum atomic E-state index is 11.5. The molecular weight excluding hydrogens is 272 g/mol. The Morgan fingerprint density at radius 2 is 2.11 bits per heavy atom. The molecule has 0 saturated carbocycles. The minimum Gasteiger partial charge on any atom is -0.465 e. The molecule has 0 aromatic carbocycles. The predicted molar refractivity (Wildman–Crippen MR) is 73.4 cm³/mol. The highest BCUT2D eigenvalue weighted by Gasteiger charge is 2.20. The molecule has 0 atom stereocenters. The molecule has 100 valence electrons. The molecule has 1 aliphatic rings. The zero-order valence-corrected chi connectivity index (χ0v) is 12.2. The lowest BCUT2D eigenvalue weighted by Crippen LogP contribution is -2.43. The number of piperazine rings is 1. The van der Waals surface area contributed by atoms with Crippen molar-refractivity contribution >= 4 is 28.9 Å². The fourth-order valence-corrected chi connectivity index (χ4v) is 3.22. The number of hydrogen-bond donors (Lipinski definition) is 0. The fourth-order valence-electron chi connectivity index (χ4n) is 1.96. The highest BCUT2D eigenvalue weighted by molar-refractivity contribution is 7.12. The Bertz CT molecular complexity index is 428. The molecule has 1 aliphatic heterocycles. The topological polar surface area (TPSA) is 32.8 Å². The van der Waals surface area contributed by atoms with Gasteiger partial charge in [0.1, 0.15) is 4.88 Å². The summed E-state index contributed by atoms with van der Waals surface area (Å²) < 4.78 is 4.70. The monoisotopic (exact) mass is 288 g/mol. The van der Waals surface area contributed by atoms with Crippen LogP contribution in [0.3, 0.4) is 0 Å². The molecule has 4 nitrogen and oxygen atoms in total. The van der Waals surface area contributed by atoms with Gasteiger partial charge in [0.15, 0.2) is 0 Å². The molecule has 0 spiro atoms. The average Bonchev–Trinajstić information content (AvgIpc) is 2.73. The van der Waals surface area contributed by atoms with Crippen molar-refractivity contribution in [3.8, 4) is 0 Å². The van der Waals surface area contributed by atoms with Crippen molar-refractivity contribution in [1.82, 2.24) is 9.80 Å². The van der Waals surface area contributed by atoms with Gasteiger partial charge in [-0.05, 0) is 18.0 Å². The van der Waals surface area contributed by atoms with E-state index in [0.29, 0.717) is 9.90 Å². The summed E-state index contributed by atoms with van der Waals surface area (Å²) in [6.07, 6.45) is 0. The van der Waals surface area contributed by atoms with Crippen LogP contribution in [0.15, 0.2) is 5.38 Å². The number of carbonyl (C=O) groups excluding carboxylic acids is 1. The van der Waals surface area contributed by atoms with Gasteiger partial charge in [-0.3, -0.25) is 4.90 Å². The molecule has 1 fully saturated rings. The fraction of sp³-hybridized carbons (Fsp3) is 0.583. The molecule has 0 radical (unpaired) electrons. The molecule has 6 heteroatoms. The minimum atomic E-state index is -0.352. The zero-order chi connectivity index (χ0) is 13.1. The van der Waals surface area contributed by atoms with Crippen molar-refractivity contribution in [2.75, 3.05) is 40.3 Å². The van der Waals surface area contributed by atoms with E-state index in [-0.39, 0.29) is 5.97 Å². The van der Waals surface area contributed by atoms with E-state index in [9.17, 15) is 4.79 Å². The molecule has 0 aliphatic carbocycles. The van der Waals surface area contributed by atoms with Crippen LogP contribution in [0.25, 0.3) is 0 Å². The van der Waals surface area contributed by atoms with E-state index < -0.39 is 0 Å². The van der Waals surface area contributed by atoms with Gasteiger partial charge in [-0.1, -0.05) is 11.6 Å². The van der Waals surface area contributed by atoms with Crippen molar-refractivity contribution in [2.24, 2.45) is 0 Å². The molecule has 2 rings (SSSR count). The van der Waals surface area contributed by atoms with Crippen molar-refractivity contribution in [3.05, 3.63) is 20.8 Å². The Kier molecular flexibility index (Phi) is 4.61. The first-order valence-corrected chi connectivity index (χ1v) is 7.12. The van der Waals surface area contributed by atoms with Crippen LogP contribution < -0.4 is 0 Å². The molecular formula is C12H17ClN2O2S. The van der Waals surface area contributed by atoms with Crippen molar-refractivity contribution in [2.45, 2.75) is 6.54 Å². The summed E-state index contributed by atoms with van der Waals surface area (Å²) in [7, 11) is 3.50. The molecule has 1 aromatic heterocycles. The summed E-state index contributed by atoms with van der Waals surface area (Å²) in [5.41, 5.74) is 1.02. The van der Waals surface area contributed by atoms with Crippen LogP contribution in [0.4, 0.5) is 0 Å². The van der Waals surface area contributed by atoms with Gasteiger partial charge in [-0.25, -0.2) is 4.79 Å². The Labute approximate surface area is 116 Å². The number of likely N-dealkylation sites (N-methyl/N-ethyl adjacent to an activating group) is 1. The third-order valence-electron chi connectivity index (χ3n) is 3.16. The summed E-state index contributed by atoms with van der Waals surface area (Å²) >= 11 is 7.57. The van der Waals surface area contributed by atoms with Crippen LogP contribution in [-0.4, -0.2) is 56.1 Å². The van der Waals surface area contributed by atoms with Crippen LogP contribution in [0.5, 0.6) is 0 Å². The van der Waals surface area contributed by atoms with Crippen LogP contribution in [0.2, 0.25) is 5.02 Å². The molecule has 0 N–H and O–H groups in total. The first-order chi connectivity index (χ1) is 8.61. The van der Waals surface area contributed by atoms with Gasteiger partial charge >= 0.3 is 5.97 Å². The first-order valence-electron chi connectivity index (χ1n) is 5.87. The number of methoxy groups -OCH3 is 1. The van der Waals surface area contributed by atoms with Crippen molar-refractivity contribution in [1.29, 1.82) is 0 Å². The summed E-state index contributed by atoms with van der Waals surface area (Å²) in [4.78, 5) is 16.6. The van der Waals surface area contributed by atoms with E-state index in [1.165, 1.54) is 18.4 Å². The SMILES string of the molecule is COC(=O)c1scc(CN2CCN(C)CC2)c1Cl. The number of thiophene rings is 1. The van der Waals surface area contributed by atoms with E-state index in [0.717, 1.165) is 38.3 Å². The van der Waals surface area contributed by atoms with Crippen LogP contribution in [0.1, 0.15) is 15.2 Å². The summed E-state index contributed by atoms with van der Waals surface area (Å²) in [5, 5.41) is 2.50. The lowest BCUT2D eigenvalue weighted by Gasteiger charge is -2.32. The van der Waals surface area contributed by atoms with E-state index in [1.54, 1.807) is 0 Å². The minimum absolute atomic E-state index is 0.352. The number of rotatable bonds is 3. The molecule has 0 unspecified atom stereocenters. The molecule has 18 heavy (non-hydrogen) atoms. The molecule has 1 aromatic rings. The third-order valence-corrected chi connectivity index (χ3v) is 4.71. The molecule has 0 amide bonds. The van der Waals surface area contributed by atoms with Gasteiger partial charge in [0.2, 0.25) is 0 Å². The number of nitrogens with zero attached hydrogens (tertiary/aromatic N) is 2. The number of hydrogen-bond acceptors (Lipinski definition) is 5. The number of ether oxygens (including phenoxy) is 1. The predicted octanol–water partition coefficient (Wildman–Crippen LogP) is 1.94. The van der Waals surface area contributed by atoms with Gasteiger partial charge in [0, 0.05) is 32.7 Å². The van der Waals surface area contributed by atoms with E-state index in [4.69, 9.17) is 16.3 Å². The Hall–Kier alpha value is -0.620. The molecule has 2 heterocycles. The Balaban J connectivity index is 2.02. The molecule has 1 saturated heterocycles. The van der Waals surface area contributed by atoms with Crippen LogP contribution >= 0.6 is 22.9 Å². The second kappa shape index (κ2) is 6.02. The smallest absolute Gasteiger partial charge is 0.349 e. The summed E-state index contributed by atoms with van der Waals surface area (Å²) in [5.74, 6) is -0.352. The maximum absolute atomic E-state index is 11.5. The maximum Gasteiger partial charge on any atom is 0.349 e. The van der Waals surface area contributed by atoms with E-state index in [1.807, 2.05) is 5.38 Å². The van der Waals surface area contributed by atoms with Gasteiger partial charge in [0.25, 0.3) is 0 Å². The lowest BCUT2D eigenvalue weighted by atomic mass is 10.2. The van der Waals surface area contributed by atoms with Gasteiger partial charge in [-0.15, -0.1) is 11.3 Å². The first kappa shape index (κ1) is 13.8. The standard InChI is InChI=1S/C12H17ClN2O2S/c1-14-3-5-15(6-4-14)7-9-8-18-11(10(9)13)12(16)17-2/h8H,3-7H2,1-2H3. The molecule has 0 bridgehead atoms. The largest absolute Gasteiger partial charge is 0.465 e. The van der Waals surface area contributed by atoms with Gasteiger partial charge < -0.3 is 9.64 Å². The lowest BCUT2D eigenvalue weighted by molar-refractivity contribution is 0.0606.